The second kappa shape index (κ2) is 9.16. The molecule has 7 nitrogen and oxygen atoms in total. The number of nitrogens with two attached hydrogens (primary N) is 1. The number of aryl methyl sites for hydroxylation is 1. The molecular formula is C26H21F3N4O3S. The third-order valence-electron chi connectivity index (χ3n) is 6.12. The Labute approximate surface area is 210 Å². The maximum atomic E-state index is 13.4. The van der Waals surface area contributed by atoms with Crippen molar-refractivity contribution in [1.82, 2.24) is 9.78 Å². The molecule has 0 spiro atoms. The predicted octanol–water partition coefficient (Wildman–Crippen LogP) is 4.60. The van der Waals surface area contributed by atoms with Crippen LogP contribution < -0.4 is 11.1 Å². The van der Waals surface area contributed by atoms with Crippen molar-refractivity contribution in [1.29, 1.82) is 0 Å². The molecule has 0 radical (unpaired) electrons. The first-order valence-electron chi connectivity index (χ1n) is 11.3. The fourth-order valence-electron chi connectivity index (χ4n) is 4.34. The van der Waals surface area contributed by atoms with Crippen molar-refractivity contribution in [3.05, 3.63) is 95.3 Å². The van der Waals surface area contributed by atoms with Gasteiger partial charge in [0.2, 0.25) is 0 Å². The first-order valence-corrected chi connectivity index (χ1v) is 12.9. The summed E-state index contributed by atoms with van der Waals surface area (Å²) in [4.78, 5) is 13.4. The summed E-state index contributed by atoms with van der Waals surface area (Å²) in [5, 5.41) is 6.22. The largest absolute Gasteiger partial charge is 0.435 e. The molecule has 0 saturated heterocycles. The van der Waals surface area contributed by atoms with Crippen molar-refractivity contribution in [2.45, 2.75) is 24.0 Å². The number of halogens is 3. The highest BCUT2D eigenvalue weighted by Gasteiger charge is 2.36. The molecule has 0 bridgehead atoms. The molecule has 1 aromatic heterocycles. The summed E-state index contributed by atoms with van der Waals surface area (Å²) in [7, 11) is -3.37. The second-order valence-electron chi connectivity index (χ2n) is 8.59. The van der Waals surface area contributed by atoms with Gasteiger partial charge in [0, 0.05) is 23.9 Å². The molecule has 0 unspecified atom stereocenters. The van der Waals surface area contributed by atoms with Gasteiger partial charge in [-0.3, -0.25) is 4.79 Å². The Bertz CT molecular complexity index is 1610. The van der Waals surface area contributed by atoms with Gasteiger partial charge in [-0.15, -0.1) is 0 Å². The second-order valence-corrected chi connectivity index (χ2v) is 10.6. The predicted molar refractivity (Wildman–Crippen MR) is 132 cm³/mol. The minimum atomic E-state index is -4.75. The molecule has 0 fully saturated rings. The lowest BCUT2D eigenvalue weighted by Crippen LogP contribution is -2.17. The van der Waals surface area contributed by atoms with Gasteiger partial charge in [0.15, 0.2) is 15.5 Å². The lowest BCUT2D eigenvalue weighted by atomic mass is 10.0. The van der Waals surface area contributed by atoms with Crippen LogP contribution in [0, 0.1) is 0 Å². The molecule has 11 heteroatoms. The summed E-state index contributed by atoms with van der Waals surface area (Å²) in [6, 6.07) is 18.9. The molecule has 3 aromatic carbocycles. The van der Waals surface area contributed by atoms with Gasteiger partial charge in [-0.1, -0.05) is 42.5 Å². The zero-order valence-electron chi connectivity index (χ0n) is 19.3. The van der Waals surface area contributed by atoms with Crippen LogP contribution in [0.2, 0.25) is 0 Å². The van der Waals surface area contributed by atoms with E-state index in [9.17, 15) is 26.4 Å². The summed E-state index contributed by atoms with van der Waals surface area (Å²) >= 11 is 0. The molecule has 1 amide bonds. The van der Waals surface area contributed by atoms with E-state index in [1.165, 1.54) is 6.07 Å². The van der Waals surface area contributed by atoms with E-state index in [-0.39, 0.29) is 23.7 Å². The lowest BCUT2D eigenvalue weighted by Gasteiger charge is -2.11. The van der Waals surface area contributed by atoms with Gasteiger partial charge in [-0.05, 0) is 47.4 Å². The summed E-state index contributed by atoms with van der Waals surface area (Å²) in [5.41, 5.74) is 7.36. The molecule has 0 saturated carbocycles. The van der Waals surface area contributed by atoms with E-state index in [0.29, 0.717) is 39.8 Å². The summed E-state index contributed by atoms with van der Waals surface area (Å²) in [6.07, 6.45) is -4.29. The van der Waals surface area contributed by atoms with E-state index >= 15 is 0 Å². The van der Waals surface area contributed by atoms with Crippen LogP contribution in [0.5, 0.6) is 0 Å². The van der Waals surface area contributed by atoms with Gasteiger partial charge >= 0.3 is 6.18 Å². The Balaban J connectivity index is 1.46. The van der Waals surface area contributed by atoms with Gasteiger partial charge < -0.3 is 11.1 Å². The Hall–Kier alpha value is -3.96. The fourth-order valence-corrected chi connectivity index (χ4v) is 6.13. The van der Waals surface area contributed by atoms with Gasteiger partial charge in [-0.25, -0.2) is 13.1 Å². The number of sulfone groups is 1. The first-order chi connectivity index (χ1) is 17.6. The molecule has 2 heterocycles. The monoisotopic (exact) mass is 526 g/mol. The molecule has 4 aromatic rings. The normalized spacial score (nSPS) is 14.4. The van der Waals surface area contributed by atoms with Gasteiger partial charge in [0.25, 0.3) is 5.91 Å². The average molecular weight is 527 g/mol. The number of hydrogen-bond donors (Lipinski definition) is 2. The van der Waals surface area contributed by atoms with Crippen LogP contribution in [-0.4, -0.2) is 29.9 Å². The minimum Gasteiger partial charge on any atom is -0.326 e. The van der Waals surface area contributed by atoms with Crippen LogP contribution in [0.3, 0.4) is 0 Å². The van der Waals surface area contributed by atoms with Gasteiger partial charge in [-0.2, -0.15) is 18.3 Å². The van der Waals surface area contributed by atoms with Crippen molar-refractivity contribution >= 4 is 21.4 Å². The third-order valence-corrected chi connectivity index (χ3v) is 7.97. The summed E-state index contributed by atoms with van der Waals surface area (Å²) in [5.74, 6) is -0.730. The maximum Gasteiger partial charge on any atom is 0.435 e. The zero-order valence-corrected chi connectivity index (χ0v) is 20.1. The number of carbonyl (C=O) groups excluding carboxylic acids is 1. The highest BCUT2D eigenvalue weighted by Crippen LogP contribution is 2.36. The Kier molecular flexibility index (Phi) is 6.12. The number of nitrogens with zero attached hydrogens (tertiary/aromatic N) is 2. The Morgan fingerprint density at radius 3 is 2.46 bits per heavy atom. The SMILES string of the molecule is NCc1cccc(-n2nc(C(F)(F)F)cc2C(=O)Nc2ccc(-c3cccc4c3S(=O)(=O)CC4)cc2)c1. The number of hydrogen-bond acceptors (Lipinski definition) is 5. The van der Waals surface area contributed by atoms with Crippen LogP contribution >= 0.6 is 0 Å². The van der Waals surface area contributed by atoms with E-state index in [1.54, 1.807) is 60.7 Å². The number of aromatic nitrogens is 2. The average Bonchev–Trinajstić information content (AvgIpc) is 3.47. The Morgan fingerprint density at radius 1 is 1.03 bits per heavy atom. The zero-order chi connectivity index (χ0) is 26.4. The summed E-state index contributed by atoms with van der Waals surface area (Å²) in [6.45, 7) is 0.168. The van der Waals surface area contributed by atoms with Crippen LogP contribution in [0.4, 0.5) is 18.9 Å². The highest BCUT2D eigenvalue weighted by molar-refractivity contribution is 7.91. The number of carbonyl (C=O) groups is 1. The highest BCUT2D eigenvalue weighted by atomic mass is 32.2. The molecule has 0 aliphatic carbocycles. The van der Waals surface area contributed by atoms with Crippen molar-refractivity contribution < 1.29 is 26.4 Å². The quantitative estimate of drug-likeness (QED) is 0.395. The molecule has 190 valence electrons. The molecule has 3 N–H and O–H groups in total. The topological polar surface area (TPSA) is 107 Å². The van der Waals surface area contributed by atoms with Crippen molar-refractivity contribution in [2.24, 2.45) is 5.73 Å². The van der Waals surface area contributed by atoms with E-state index in [0.717, 1.165) is 10.2 Å². The number of benzene rings is 3. The third kappa shape index (κ3) is 4.75. The number of amides is 1. The minimum absolute atomic E-state index is 0.0648. The van der Waals surface area contributed by atoms with Crippen LogP contribution in [0.25, 0.3) is 16.8 Å². The number of fused-ring (bicyclic) bond motifs is 1. The smallest absolute Gasteiger partial charge is 0.326 e. The van der Waals surface area contributed by atoms with Gasteiger partial charge in [0.1, 0.15) is 5.69 Å². The lowest BCUT2D eigenvalue weighted by molar-refractivity contribution is -0.141. The first kappa shape index (κ1) is 24.7. The van der Waals surface area contributed by atoms with Crippen molar-refractivity contribution in [3.63, 3.8) is 0 Å². The van der Waals surface area contributed by atoms with E-state index in [4.69, 9.17) is 5.73 Å². The molecule has 1 aliphatic heterocycles. The maximum absolute atomic E-state index is 13.4. The van der Waals surface area contributed by atoms with Crippen LogP contribution in [-0.2, 0) is 29.0 Å². The molecule has 5 rings (SSSR count). The summed E-state index contributed by atoms with van der Waals surface area (Å²) < 4.78 is 66.2. The van der Waals surface area contributed by atoms with Crippen molar-refractivity contribution in [3.8, 4) is 16.8 Å². The van der Waals surface area contributed by atoms with Crippen LogP contribution in [0.15, 0.2) is 77.7 Å². The van der Waals surface area contributed by atoms with Crippen LogP contribution in [0.1, 0.15) is 27.3 Å². The standard InChI is InChI=1S/C26H21F3N4O3S/c27-26(28,29)23-14-22(33(32-23)20-5-1-3-16(13-20)15-30)25(34)31-19-9-7-17(8-10-19)21-6-2-4-18-11-12-37(35,36)24(18)21/h1-10,13-14H,11-12,15,30H2,(H,31,34). The molecular weight excluding hydrogens is 505 g/mol. The Morgan fingerprint density at radius 2 is 1.76 bits per heavy atom. The number of rotatable bonds is 5. The molecule has 37 heavy (non-hydrogen) atoms. The fraction of sp³-hybridized carbons (Fsp3) is 0.154. The molecule has 1 aliphatic rings. The number of nitrogens with one attached hydrogen (secondary N) is 1. The van der Waals surface area contributed by atoms with Gasteiger partial charge in [0.05, 0.1) is 16.3 Å². The molecule has 0 atom stereocenters. The number of anilines is 1. The van der Waals surface area contributed by atoms with E-state index < -0.39 is 27.6 Å². The number of alkyl halides is 3. The van der Waals surface area contributed by atoms with E-state index in [1.807, 2.05) is 0 Å². The van der Waals surface area contributed by atoms with Crippen molar-refractivity contribution in [2.75, 3.05) is 11.1 Å². The van der Waals surface area contributed by atoms with E-state index in [2.05, 4.69) is 10.4 Å².